The predicted molar refractivity (Wildman–Crippen MR) is 68.2 cm³/mol. The van der Waals surface area contributed by atoms with Gasteiger partial charge in [-0.3, -0.25) is 0 Å². The van der Waals surface area contributed by atoms with E-state index in [0.717, 1.165) is 18.2 Å². The summed E-state index contributed by atoms with van der Waals surface area (Å²) in [4.78, 5) is 0. The van der Waals surface area contributed by atoms with E-state index in [9.17, 15) is 0 Å². The summed E-state index contributed by atoms with van der Waals surface area (Å²) in [6.07, 6.45) is 2.66. The van der Waals surface area contributed by atoms with E-state index in [1.54, 1.807) is 0 Å². The van der Waals surface area contributed by atoms with Crippen LogP contribution in [-0.4, -0.2) is 12.6 Å². The Labute approximate surface area is 98.0 Å². The van der Waals surface area contributed by atoms with Crippen LogP contribution in [0.4, 0.5) is 5.69 Å². The van der Waals surface area contributed by atoms with Gasteiger partial charge >= 0.3 is 0 Å². The molecule has 1 aliphatic rings. The molecule has 0 aliphatic carbocycles. The van der Waals surface area contributed by atoms with Crippen molar-refractivity contribution in [3.63, 3.8) is 0 Å². The zero-order chi connectivity index (χ0) is 11.5. The summed E-state index contributed by atoms with van der Waals surface area (Å²) >= 11 is 0. The van der Waals surface area contributed by atoms with E-state index in [1.165, 1.54) is 24.1 Å². The van der Waals surface area contributed by atoms with Gasteiger partial charge in [-0.05, 0) is 49.9 Å². The minimum absolute atomic E-state index is 0.247. The Balaban J connectivity index is 2.17. The van der Waals surface area contributed by atoms with Gasteiger partial charge in [0.2, 0.25) is 0 Å². The van der Waals surface area contributed by atoms with Gasteiger partial charge in [0.15, 0.2) is 0 Å². The summed E-state index contributed by atoms with van der Waals surface area (Å²) in [5.74, 6) is 1.76. The molecule has 2 nitrogen and oxygen atoms in total. The third-order valence-electron chi connectivity index (χ3n) is 3.12. The summed E-state index contributed by atoms with van der Waals surface area (Å²) in [5, 5.41) is 3.49. The van der Waals surface area contributed by atoms with Crippen molar-refractivity contribution in [2.75, 3.05) is 11.9 Å². The molecule has 1 heterocycles. The second kappa shape index (κ2) is 4.77. The third kappa shape index (κ3) is 2.49. The van der Waals surface area contributed by atoms with E-state index in [-0.39, 0.29) is 6.10 Å². The molecular weight excluding hydrogens is 198 g/mol. The van der Waals surface area contributed by atoms with Crippen LogP contribution in [0.15, 0.2) is 18.2 Å². The molecule has 88 valence electrons. The van der Waals surface area contributed by atoms with Crippen LogP contribution in [-0.2, 0) is 6.42 Å². The molecule has 0 amide bonds. The highest BCUT2D eigenvalue weighted by Crippen LogP contribution is 2.29. The first-order valence-electron chi connectivity index (χ1n) is 6.22. The molecule has 1 aromatic rings. The predicted octanol–water partition coefficient (Wildman–Crippen LogP) is 3.47. The molecule has 0 saturated heterocycles. The maximum atomic E-state index is 5.72. The maximum absolute atomic E-state index is 5.72. The number of anilines is 1. The largest absolute Gasteiger partial charge is 0.491 e. The second-order valence-corrected chi connectivity index (χ2v) is 4.84. The van der Waals surface area contributed by atoms with Crippen molar-refractivity contribution in [2.45, 2.75) is 39.7 Å². The number of ether oxygens (including phenoxy) is 1. The smallest absolute Gasteiger partial charge is 0.120 e. The van der Waals surface area contributed by atoms with Crippen molar-refractivity contribution >= 4 is 5.69 Å². The first kappa shape index (κ1) is 11.3. The van der Waals surface area contributed by atoms with E-state index in [0.29, 0.717) is 0 Å². The van der Waals surface area contributed by atoms with Gasteiger partial charge in [0.25, 0.3) is 0 Å². The maximum Gasteiger partial charge on any atom is 0.120 e. The molecule has 2 rings (SSSR count). The normalized spacial score (nSPS) is 19.1. The van der Waals surface area contributed by atoms with Crippen LogP contribution in [0.3, 0.4) is 0 Å². The molecule has 0 saturated carbocycles. The lowest BCUT2D eigenvalue weighted by atomic mass is 9.92. The van der Waals surface area contributed by atoms with Gasteiger partial charge in [0.1, 0.15) is 5.75 Å². The molecular formula is C14H21NO. The average Bonchev–Trinajstić information content (AvgIpc) is 2.27. The Bertz CT molecular complexity index is 360. The monoisotopic (exact) mass is 219 g/mol. The number of hydrogen-bond donors (Lipinski definition) is 1. The molecule has 0 aromatic heterocycles. The topological polar surface area (TPSA) is 21.3 Å². The lowest BCUT2D eigenvalue weighted by Crippen LogP contribution is -2.22. The van der Waals surface area contributed by atoms with Crippen LogP contribution in [0.5, 0.6) is 5.75 Å². The van der Waals surface area contributed by atoms with Gasteiger partial charge in [-0.1, -0.05) is 13.3 Å². The molecule has 16 heavy (non-hydrogen) atoms. The van der Waals surface area contributed by atoms with Crippen LogP contribution in [0, 0.1) is 5.92 Å². The number of benzene rings is 1. The number of rotatable bonds is 3. The number of fused-ring (bicyclic) bond motifs is 1. The van der Waals surface area contributed by atoms with Gasteiger partial charge in [-0.2, -0.15) is 0 Å². The summed E-state index contributed by atoms with van der Waals surface area (Å²) in [6, 6.07) is 6.38. The van der Waals surface area contributed by atoms with Gasteiger partial charge < -0.3 is 10.1 Å². The van der Waals surface area contributed by atoms with Gasteiger partial charge in [0, 0.05) is 12.2 Å². The van der Waals surface area contributed by atoms with Gasteiger partial charge in [0.05, 0.1) is 6.10 Å². The average molecular weight is 219 g/mol. The Morgan fingerprint density at radius 3 is 2.94 bits per heavy atom. The number of nitrogens with one attached hydrogen (secondary N) is 1. The molecule has 1 N–H and O–H groups in total. The molecule has 0 radical (unpaired) electrons. The number of hydrogen-bond acceptors (Lipinski definition) is 2. The van der Waals surface area contributed by atoms with Crippen molar-refractivity contribution in [1.82, 2.24) is 0 Å². The van der Waals surface area contributed by atoms with Crippen LogP contribution in [0.25, 0.3) is 0 Å². The summed E-state index contributed by atoms with van der Waals surface area (Å²) in [6.45, 7) is 7.48. The van der Waals surface area contributed by atoms with Gasteiger partial charge in [-0.25, -0.2) is 0 Å². The zero-order valence-corrected chi connectivity index (χ0v) is 10.4. The van der Waals surface area contributed by atoms with E-state index in [4.69, 9.17) is 4.74 Å². The highest BCUT2D eigenvalue weighted by molar-refractivity contribution is 5.56. The summed E-state index contributed by atoms with van der Waals surface area (Å²) < 4.78 is 5.72. The molecule has 1 aromatic carbocycles. The fourth-order valence-corrected chi connectivity index (χ4v) is 2.18. The second-order valence-electron chi connectivity index (χ2n) is 4.84. The standard InChI is InChI=1S/C14H21NO/c1-4-11-7-12-8-13(16-10(2)3)5-6-14(12)15-9-11/h5-6,8,10-11,15H,4,7,9H2,1-3H3. The Kier molecular flexibility index (Phi) is 3.37. The minimum Gasteiger partial charge on any atom is -0.491 e. The molecule has 0 bridgehead atoms. The lowest BCUT2D eigenvalue weighted by Gasteiger charge is -2.26. The molecule has 0 spiro atoms. The van der Waals surface area contributed by atoms with Gasteiger partial charge in [-0.15, -0.1) is 0 Å². The van der Waals surface area contributed by atoms with Crippen molar-refractivity contribution in [2.24, 2.45) is 5.92 Å². The third-order valence-corrected chi connectivity index (χ3v) is 3.12. The van der Waals surface area contributed by atoms with Crippen molar-refractivity contribution in [1.29, 1.82) is 0 Å². The fourth-order valence-electron chi connectivity index (χ4n) is 2.18. The first-order valence-corrected chi connectivity index (χ1v) is 6.22. The van der Waals surface area contributed by atoms with Crippen molar-refractivity contribution in [3.05, 3.63) is 23.8 Å². The quantitative estimate of drug-likeness (QED) is 0.840. The van der Waals surface area contributed by atoms with E-state index >= 15 is 0 Å². The molecule has 2 heteroatoms. The van der Waals surface area contributed by atoms with Crippen molar-refractivity contribution in [3.8, 4) is 5.75 Å². The molecule has 1 aliphatic heterocycles. The zero-order valence-electron chi connectivity index (χ0n) is 10.4. The van der Waals surface area contributed by atoms with Crippen LogP contribution in [0.2, 0.25) is 0 Å². The minimum atomic E-state index is 0.247. The van der Waals surface area contributed by atoms with Crippen LogP contribution >= 0.6 is 0 Å². The lowest BCUT2D eigenvalue weighted by molar-refractivity contribution is 0.242. The summed E-state index contributed by atoms with van der Waals surface area (Å²) in [5.41, 5.74) is 2.68. The van der Waals surface area contributed by atoms with Crippen LogP contribution in [0.1, 0.15) is 32.8 Å². The SMILES string of the molecule is CCC1CNc2ccc(OC(C)C)cc2C1. The molecule has 0 fully saturated rings. The van der Waals surface area contributed by atoms with Crippen molar-refractivity contribution < 1.29 is 4.74 Å². The molecule has 1 unspecified atom stereocenters. The summed E-state index contributed by atoms with van der Waals surface area (Å²) in [7, 11) is 0. The van der Waals surface area contributed by atoms with E-state index in [1.807, 2.05) is 0 Å². The molecule has 1 atom stereocenters. The van der Waals surface area contributed by atoms with E-state index in [2.05, 4.69) is 44.3 Å². The Morgan fingerprint density at radius 2 is 2.25 bits per heavy atom. The Morgan fingerprint density at radius 1 is 1.44 bits per heavy atom. The highest BCUT2D eigenvalue weighted by Gasteiger charge is 2.17. The highest BCUT2D eigenvalue weighted by atomic mass is 16.5. The Hall–Kier alpha value is -1.18. The van der Waals surface area contributed by atoms with Crippen LogP contribution < -0.4 is 10.1 Å². The van der Waals surface area contributed by atoms with E-state index < -0.39 is 0 Å². The first-order chi connectivity index (χ1) is 7.69. The fraction of sp³-hybridized carbons (Fsp3) is 0.571.